The van der Waals surface area contributed by atoms with Gasteiger partial charge in [0.2, 0.25) is 5.91 Å². The van der Waals surface area contributed by atoms with Crippen molar-refractivity contribution >= 4 is 11.9 Å². The molecule has 1 rings (SSSR count). The van der Waals surface area contributed by atoms with Gasteiger partial charge in [-0.1, -0.05) is 6.08 Å². The fourth-order valence-corrected chi connectivity index (χ4v) is 1.86. The summed E-state index contributed by atoms with van der Waals surface area (Å²) in [6.45, 7) is 5.82. The van der Waals surface area contributed by atoms with Crippen LogP contribution in [-0.4, -0.2) is 34.5 Å². The van der Waals surface area contributed by atoms with Gasteiger partial charge in [0.05, 0.1) is 5.92 Å². The Kier molecular flexibility index (Phi) is 3.28. The van der Waals surface area contributed by atoms with Crippen LogP contribution >= 0.6 is 0 Å². The summed E-state index contributed by atoms with van der Waals surface area (Å²) in [5.74, 6) is -1.26. The molecule has 1 fully saturated rings. The molecule has 1 aliphatic heterocycles. The zero-order valence-corrected chi connectivity index (χ0v) is 8.27. The number of carboxylic acids is 1. The van der Waals surface area contributed by atoms with Crippen LogP contribution in [0.5, 0.6) is 0 Å². The molecule has 1 heterocycles. The van der Waals surface area contributed by atoms with Crippen molar-refractivity contribution in [1.82, 2.24) is 4.90 Å². The normalized spacial score (nSPS) is 26.2. The lowest BCUT2D eigenvalue weighted by molar-refractivity contribution is -0.142. The smallest absolute Gasteiger partial charge is 0.308 e. The quantitative estimate of drug-likeness (QED) is 0.683. The number of hydrogen-bond acceptors (Lipinski definition) is 2. The molecule has 0 spiro atoms. The number of nitrogens with zero attached hydrogens (tertiary/aromatic N) is 1. The monoisotopic (exact) mass is 197 g/mol. The van der Waals surface area contributed by atoms with Gasteiger partial charge in [-0.3, -0.25) is 9.59 Å². The van der Waals surface area contributed by atoms with Gasteiger partial charge >= 0.3 is 5.97 Å². The fourth-order valence-electron chi connectivity index (χ4n) is 1.86. The molecule has 14 heavy (non-hydrogen) atoms. The summed E-state index contributed by atoms with van der Waals surface area (Å²) in [5, 5.41) is 8.85. The van der Waals surface area contributed by atoms with Crippen LogP contribution in [0.1, 0.15) is 19.8 Å². The molecule has 1 N–H and O–H groups in total. The molecule has 1 aliphatic rings. The van der Waals surface area contributed by atoms with Gasteiger partial charge in [-0.15, -0.1) is 6.58 Å². The Morgan fingerprint density at radius 2 is 2.29 bits per heavy atom. The Bertz CT molecular complexity index is 262. The summed E-state index contributed by atoms with van der Waals surface area (Å²) in [6.07, 6.45) is 2.39. The summed E-state index contributed by atoms with van der Waals surface area (Å²) in [6, 6.07) is -0.194. The predicted octanol–water partition coefficient (Wildman–Crippen LogP) is 0.884. The van der Waals surface area contributed by atoms with E-state index in [1.54, 1.807) is 17.9 Å². The van der Waals surface area contributed by atoms with Crippen LogP contribution in [-0.2, 0) is 9.59 Å². The summed E-state index contributed by atoms with van der Waals surface area (Å²) in [7, 11) is 0. The molecule has 1 amide bonds. The van der Waals surface area contributed by atoms with Crippen LogP contribution in [0.15, 0.2) is 12.7 Å². The van der Waals surface area contributed by atoms with E-state index in [9.17, 15) is 9.59 Å². The summed E-state index contributed by atoms with van der Waals surface area (Å²) >= 11 is 0. The van der Waals surface area contributed by atoms with Gasteiger partial charge in [0.1, 0.15) is 0 Å². The zero-order chi connectivity index (χ0) is 10.7. The van der Waals surface area contributed by atoms with Crippen molar-refractivity contribution in [2.24, 2.45) is 5.92 Å². The molecule has 2 atom stereocenters. The summed E-state index contributed by atoms with van der Waals surface area (Å²) in [4.78, 5) is 23.9. The van der Waals surface area contributed by atoms with Crippen molar-refractivity contribution in [3.63, 3.8) is 0 Å². The Hall–Kier alpha value is -1.32. The van der Waals surface area contributed by atoms with Crippen molar-refractivity contribution in [2.45, 2.75) is 25.8 Å². The Balaban J connectivity index is 2.63. The van der Waals surface area contributed by atoms with Crippen molar-refractivity contribution in [3.8, 4) is 0 Å². The highest BCUT2D eigenvalue weighted by Gasteiger charge is 2.37. The average molecular weight is 197 g/mol. The molecule has 0 saturated carbocycles. The number of aliphatic carboxylic acids is 1. The van der Waals surface area contributed by atoms with Crippen LogP contribution in [0.3, 0.4) is 0 Å². The van der Waals surface area contributed by atoms with Gasteiger partial charge in [0.15, 0.2) is 0 Å². The maximum Gasteiger partial charge on any atom is 0.308 e. The van der Waals surface area contributed by atoms with Crippen LogP contribution in [0, 0.1) is 5.92 Å². The Morgan fingerprint density at radius 3 is 2.71 bits per heavy atom. The topological polar surface area (TPSA) is 57.6 Å². The molecular formula is C10H15NO3. The first kappa shape index (κ1) is 10.8. The predicted molar refractivity (Wildman–Crippen MR) is 51.7 cm³/mol. The number of carbonyl (C=O) groups is 2. The average Bonchev–Trinajstić information content (AvgIpc) is 2.47. The minimum atomic E-state index is -0.814. The van der Waals surface area contributed by atoms with E-state index in [2.05, 4.69) is 6.58 Å². The zero-order valence-electron chi connectivity index (χ0n) is 8.27. The van der Waals surface area contributed by atoms with Crippen molar-refractivity contribution < 1.29 is 14.7 Å². The third kappa shape index (κ3) is 1.95. The SMILES string of the molecule is C=CCC(=O)N1CCC(C(=O)O)C1C. The first-order chi connectivity index (χ1) is 6.57. The second kappa shape index (κ2) is 4.26. The largest absolute Gasteiger partial charge is 0.481 e. The van der Waals surface area contributed by atoms with E-state index in [1.165, 1.54) is 0 Å². The second-order valence-electron chi connectivity index (χ2n) is 3.55. The number of amides is 1. The number of carbonyl (C=O) groups excluding carboxylic acids is 1. The highest BCUT2D eigenvalue weighted by molar-refractivity contribution is 5.80. The van der Waals surface area contributed by atoms with Gasteiger partial charge < -0.3 is 10.0 Å². The van der Waals surface area contributed by atoms with E-state index in [1.807, 2.05) is 0 Å². The molecule has 0 bridgehead atoms. The van der Waals surface area contributed by atoms with E-state index in [0.29, 0.717) is 13.0 Å². The van der Waals surface area contributed by atoms with Crippen LogP contribution in [0.2, 0.25) is 0 Å². The highest BCUT2D eigenvalue weighted by Crippen LogP contribution is 2.24. The molecule has 4 heteroatoms. The van der Waals surface area contributed by atoms with E-state index in [-0.39, 0.29) is 18.4 Å². The van der Waals surface area contributed by atoms with E-state index in [0.717, 1.165) is 0 Å². The van der Waals surface area contributed by atoms with Crippen LogP contribution in [0.4, 0.5) is 0 Å². The standard InChI is InChI=1S/C10H15NO3/c1-3-4-9(12)11-6-5-8(7(11)2)10(13)14/h3,7-8H,1,4-6H2,2H3,(H,13,14). The number of likely N-dealkylation sites (tertiary alicyclic amines) is 1. The molecule has 0 aromatic carbocycles. The van der Waals surface area contributed by atoms with Gasteiger partial charge in [-0.25, -0.2) is 0 Å². The van der Waals surface area contributed by atoms with Crippen molar-refractivity contribution in [1.29, 1.82) is 0 Å². The maximum absolute atomic E-state index is 11.5. The molecule has 0 aliphatic carbocycles. The molecular weight excluding hydrogens is 182 g/mol. The first-order valence-corrected chi connectivity index (χ1v) is 4.71. The summed E-state index contributed by atoms with van der Waals surface area (Å²) < 4.78 is 0. The molecule has 0 radical (unpaired) electrons. The lowest BCUT2D eigenvalue weighted by atomic mass is 10.0. The Morgan fingerprint density at radius 1 is 1.64 bits per heavy atom. The highest BCUT2D eigenvalue weighted by atomic mass is 16.4. The number of rotatable bonds is 3. The lowest BCUT2D eigenvalue weighted by Gasteiger charge is -2.22. The van der Waals surface area contributed by atoms with Crippen LogP contribution in [0.25, 0.3) is 0 Å². The number of carboxylic acid groups (broad SMARTS) is 1. The Labute approximate surface area is 83.2 Å². The van der Waals surface area contributed by atoms with Crippen molar-refractivity contribution in [2.75, 3.05) is 6.54 Å². The van der Waals surface area contributed by atoms with E-state index in [4.69, 9.17) is 5.11 Å². The molecule has 4 nitrogen and oxygen atoms in total. The summed E-state index contributed by atoms with van der Waals surface area (Å²) in [5.41, 5.74) is 0. The molecule has 1 saturated heterocycles. The van der Waals surface area contributed by atoms with Gasteiger partial charge in [0.25, 0.3) is 0 Å². The van der Waals surface area contributed by atoms with Gasteiger partial charge in [-0.2, -0.15) is 0 Å². The third-order valence-corrected chi connectivity index (χ3v) is 2.71. The van der Waals surface area contributed by atoms with Gasteiger partial charge in [-0.05, 0) is 13.3 Å². The molecule has 78 valence electrons. The lowest BCUT2D eigenvalue weighted by Crippen LogP contribution is -2.37. The third-order valence-electron chi connectivity index (χ3n) is 2.71. The minimum absolute atomic E-state index is 0.0312. The molecule has 2 unspecified atom stereocenters. The van der Waals surface area contributed by atoms with Gasteiger partial charge in [0, 0.05) is 19.0 Å². The van der Waals surface area contributed by atoms with Crippen LogP contribution < -0.4 is 0 Å². The second-order valence-corrected chi connectivity index (χ2v) is 3.55. The number of hydrogen-bond donors (Lipinski definition) is 1. The molecule has 0 aromatic heterocycles. The first-order valence-electron chi connectivity index (χ1n) is 4.71. The van der Waals surface area contributed by atoms with E-state index >= 15 is 0 Å². The maximum atomic E-state index is 11.5. The van der Waals surface area contributed by atoms with E-state index < -0.39 is 11.9 Å². The fraction of sp³-hybridized carbons (Fsp3) is 0.600. The molecule has 0 aromatic rings. The minimum Gasteiger partial charge on any atom is -0.481 e. The van der Waals surface area contributed by atoms with Crippen molar-refractivity contribution in [3.05, 3.63) is 12.7 Å².